The van der Waals surface area contributed by atoms with Crippen LogP contribution in [-0.4, -0.2) is 24.1 Å². The molecule has 0 radical (unpaired) electrons. The van der Waals surface area contributed by atoms with Crippen LogP contribution in [0, 0.1) is 21.4 Å². The fourth-order valence-electron chi connectivity index (χ4n) is 1.50. The van der Waals surface area contributed by atoms with E-state index in [1.165, 1.54) is 6.07 Å². The molecule has 1 N–H and O–H groups in total. The molecule has 0 aromatic heterocycles. The summed E-state index contributed by atoms with van der Waals surface area (Å²) in [6.45, 7) is 2.94. The molecule has 1 aromatic carbocycles. The number of halogens is 1. The fourth-order valence-corrected chi connectivity index (χ4v) is 2.02. The average molecular weight is 328 g/mol. The first-order valence-electron chi connectivity index (χ1n) is 5.78. The lowest BCUT2D eigenvalue weighted by molar-refractivity contribution is -0.385. The second kappa shape index (κ2) is 7.71. The predicted molar refractivity (Wildman–Crippen MR) is 74.0 cm³/mol. The fraction of sp³-hybridized carbons (Fsp3) is 0.417. The molecular formula is C12H14BrN3O3. The summed E-state index contributed by atoms with van der Waals surface area (Å²) in [7, 11) is 0. The maximum absolute atomic E-state index is 10.8. The van der Waals surface area contributed by atoms with Crippen molar-refractivity contribution in [3.05, 3.63) is 32.8 Å². The van der Waals surface area contributed by atoms with Gasteiger partial charge in [-0.2, -0.15) is 5.26 Å². The number of hydrogen-bond acceptors (Lipinski definition) is 5. The lowest BCUT2D eigenvalue weighted by atomic mass is 10.2. The third-order valence-electron chi connectivity index (χ3n) is 2.41. The van der Waals surface area contributed by atoms with Crippen LogP contribution in [0.4, 0.5) is 5.69 Å². The lowest BCUT2D eigenvalue weighted by Gasteiger charge is -2.11. The van der Waals surface area contributed by atoms with Crippen LogP contribution in [-0.2, 0) is 0 Å². The van der Waals surface area contributed by atoms with Crippen LogP contribution in [0.2, 0.25) is 0 Å². The van der Waals surface area contributed by atoms with Gasteiger partial charge in [-0.1, -0.05) is 13.0 Å². The van der Waals surface area contributed by atoms with Gasteiger partial charge >= 0.3 is 0 Å². The van der Waals surface area contributed by atoms with E-state index in [1.807, 2.05) is 6.92 Å². The van der Waals surface area contributed by atoms with Crippen molar-refractivity contribution >= 4 is 21.6 Å². The van der Waals surface area contributed by atoms with Gasteiger partial charge in [0.05, 0.1) is 23.6 Å². The first kappa shape index (κ1) is 15.4. The molecule has 1 unspecified atom stereocenters. The Balaban J connectivity index is 2.61. The van der Waals surface area contributed by atoms with Gasteiger partial charge in [-0.3, -0.25) is 10.1 Å². The minimum absolute atomic E-state index is 0.0407. The Morgan fingerprint density at radius 2 is 2.37 bits per heavy atom. The molecule has 0 saturated heterocycles. The van der Waals surface area contributed by atoms with E-state index in [0.29, 0.717) is 29.8 Å². The highest BCUT2D eigenvalue weighted by atomic mass is 79.9. The Labute approximate surface area is 119 Å². The number of nitrogens with one attached hydrogen (secondary N) is 1. The lowest BCUT2D eigenvalue weighted by Crippen LogP contribution is -2.28. The number of benzene rings is 1. The van der Waals surface area contributed by atoms with E-state index >= 15 is 0 Å². The van der Waals surface area contributed by atoms with Crippen molar-refractivity contribution < 1.29 is 9.66 Å². The van der Waals surface area contributed by atoms with Crippen LogP contribution < -0.4 is 10.1 Å². The van der Waals surface area contributed by atoms with E-state index in [1.54, 1.807) is 12.1 Å². The number of hydrogen-bond donors (Lipinski definition) is 1. The number of ether oxygens (including phenoxy) is 1. The van der Waals surface area contributed by atoms with Crippen LogP contribution in [0.1, 0.15) is 13.3 Å². The molecule has 19 heavy (non-hydrogen) atoms. The summed E-state index contributed by atoms with van der Waals surface area (Å²) < 4.78 is 5.78. The highest BCUT2D eigenvalue weighted by molar-refractivity contribution is 9.10. The quantitative estimate of drug-likeness (QED) is 0.614. The number of nitriles is 1. The molecule has 0 aliphatic carbocycles. The molecule has 0 aliphatic rings. The van der Waals surface area contributed by atoms with Gasteiger partial charge in [0.25, 0.3) is 5.69 Å². The first-order valence-corrected chi connectivity index (χ1v) is 6.58. The number of rotatable bonds is 7. The molecule has 1 aromatic rings. The summed E-state index contributed by atoms with van der Waals surface area (Å²) in [6.07, 6.45) is 0.513. The van der Waals surface area contributed by atoms with Gasteiger partial charge in [-0.25, -0.2) is 0 Å². The standard InChI is InChI=1S/C12H14BrN3O3/c1-2-15-9(8-14)6-7-19-11-5-3-4-10(12(11)13)16(17)18/h3-5,9,15H,2,6-7H2,1H3. The normalized spacial score (nSPS) is 11.6. The first-order chi connectivity index (χ1) is 9.10. The molecule has 0 saturated carbocycles. The van der Waals surface area contributed by atoms with Gasteiger partial charge in [0, 0.05) is 12.5 Å². The van der Waals surface area contributed by atoms with E-state index in [2.05, 4.69) is 27.3 Å². The van der Waals surface area contributed by atoms with Crippen molar-refractivity contribution in [1.29, 1.82) is 5.26 Å². The summed E-state index contributed by atoms with van der Waals surface area (Å²) in [5, 5.41) is 22.6. The molecule has 6 nitrogen and oxygen atoms in total. The average Bonchev–Trinajstić information content (AvgIpc) is 2.39. The van der Waals surface area contributed by atoms with E-state index in [4.69, 9.17) is 10.00 Å². The second-order valence-electron chi connectivity index (χ2n) is 3.72. The third-order valence-corrected chi connectivity index (χ3v) is 3.21. The van der Waals surface area contributed by atoms with Crippen molar-refractivity contribution in [2.45, 2.75) is 19.4 Å². The molecule has 1 atom stereocenters. The SMILES string of the molecule is CCNC(C#N)CCOc1cccc([N+](=O)[O-])c1Br. The van der Waals surface area contributed by atoms with Crippen molar-refractivity contribution in [1.82, 2.24) is 5.32 Å². The highest BCUT2D eigenvalue weighted by Crippen LogP contribution is 2.33. The molecular weight excluding hydrogens is 314 g/mol. The Morgan fingerprint density at radius 1 is 1.63 bits per heavy atom. The maximum Gasteiger partial charge on any atom is 0.287 e. The van der Waals surface area contributed by atoms with E-state index < -0.39 is 4.92 Å². The van der Waals surface area contributed by atoms with E-state index in [0.717, 1.165) is 0 Å². The van der Waals surface area contributed by atoms with Crippen LogP contribution in [0.3, 0.4) is 0 Å². The van der Waals surface area contributed by atoms with Gasteiger partial charge < -0.3 is 10.1 Å². The Hall–Kier alpha value is -1.65. The van der Waals surface area contributed by atoms with E-state index in [9.17, 15) is 10.1 Å². The van der Waals surface area contributed by atoms with Gasteiger partial charge in [-0.15, -0.1) is 0 Å². The summed E-state index contributed by atoms with van der Waals surface area (Å²) in [6, 6.07) is 6.45. The largest absolute Gasteiger partial charge is 0.492 e. The summed E-state index contributed by atoms with van der Waals surface area (Å²) in [4.78, 5) is 10.3. The van der Waals surface area contributed by atoms with Crippen molar-refractivity contribution in [3.63, 3.8) is 0 Å². The zero-order valence-corrected chi connectivity index (χ0v) is 12.0. The van der Waals surface area contributed by atoms with Crippen LogP contribution >= 0.6 is 15.9 Å². The summed E-state index contributed by atoms with van der Waals surface area (Å²) in [5.74, 6) is 0.405. The van der Waals surface area contributed by atoms with Gasteiger partial charge in [-0.05, 0) is 28.5 Å². The number of nitro benzene ring substituents is 1. The Kier molecular flexibility index (Phi) is 6.25. The minimum atomic E-state index is -0.479. The second-order valence-corrected chi connectivity index (χ2v) is 4.52. The minimum Gasteiger partial charge on any atom is -0.492 e. The Morgan fingerprint density at radius 3 is 2.95 bits per heavy atom. The molecule has 0 bridgehead atoms. The molecule has 0 heterocycles. The van der Waals surface area contributed by atoms with Gasteiger partial charge in [0.1, 0.15) is 10.2 Å². The van der Waals surface area contributed by atoms with Gasteiger partial charge in [0.2, 0.25) is 0 Å². The molecule has 1 rings (SSSR count). The van der Waals surface area contributed by atoms with E-state index in [-0.39, 0.29) is 11.7 Å². The summed E-state index contributed by atoms with van der Waals surface area (Å²) >= 11 is 3.15. The van der Waals surface area contributed by atoms with Crippen LogP contribution in [0.15, 0.2) is 22.7 Å². The third kappa shape index (κ3) is 4.50. The predicted octanol–water partition coefficient (Wildman–Crippen LogP) is 2.63. The smallest absolute Gasteiger partial charge is 0.287 e. The zero-order chi connectivity index (χ0) is 14.3. The van der Waals surface area contributed by atoms with Crippen molar-refractivity contribution in [2.24, 2.45) is 0 Å². The molecule has 0 fully saturated rings. The van der Waals surface area contributed by atoms with Crippen LogP contribution in [0.25, 0.3) is 0 Å². The monoisotopic (exact) mass is 327 g/mol. The number of nitrogens with zero attached hydrogens (tertiary/aromatic N) is 2. The van der Waals surface area contributed by atoms with Crippen LogP contribution in [0.5, 0.6) is 5.75 Å². The topological polar surface area (TPSA) is 88.2 Å². The molecule has 0 aliphatic heterocycles. The Bertz CT molecular complexity index is 488. The highest BCUT2D eigenvalue weighted by Gasteiger charge is 2.16. The van der Waals surface area contributed by atoms with Crippen molar-refractivity contribution in [3.8, 4) is 11.8 Å². The zero-order valence-electron chi connectivity index (χ0n) is 10.4. The van der Waals surface area contributed by atoms with Gasteiger partial charge in [0.15, 0.2) is 0 Å². The summed E-state index contributed by atoms with van der Waals surface area (Å²) in [5.41, 5.74) is -0.0407. The molecule has 7 heteroatoms. The number of nitro groups is 1. The molecule has 0 spiro atoms. The molecule has 102 valence electrons. The molecule has 0 amide bonds. The maximum atomic E-state index is 10.8. The van der Waals surface area contributed by atoms with Crippen molar-refractivity contribution in [2.75, 3.05) is 13.2 Å².